The number of non-ortho nitro benzene ring substituents is 1. The predicted molar refractivity (Wildman–Crippen MR) is 104 cm³/mol. The van der Waals surface area contributed by atoms with Gasteiger partial charge in [0.05, 0.1) is 34.2 Å². The van der Waals surface area contributed by atoms with Gasteiger partial charge in [-0.15, -0.1) is 0 Å². The van der Waals surface area contributed by atoms with E-state index in [-0.39, 0.29) is 30.2 Å². The number of carbonyl (C=O) groups excluding carboxylic acids is 3. The summed E-state index contributed by atoms with van der Waals surface area (Å²) in [5, 5.41) is 14.6. The molecular weight excluding hydrogens is 400 g/mol. The number of ether oxygens (including phenoxy) is 1. The summed E-state index contributed by atoms with van der Waals surface area (Å²) in [4.78, 5) is 47.4. The van der Waals surface area contributed by atoms with E-state index in [2.05, 4.69) is 5.10 Å². The topological polar surface area (TPSA) is 125 Å². The Morgan fingerprint density at radius 2 is 2.00 bits per heavy atom. The molecule has 1 aromatic carbocycles. The minimum absolute atomic E-state index is 0.0300. The van der Waals surface area contributed by atoms with Gasteiger partial charge in [-0.2, -0.15) is 5.10 Å². The molecule has 2 aromatic rings. The van der Waals surface area contributed by atoms with Crippen molar-refractivity contribution in [3.63, 3.8) is 0 Å². The van der Waals surface area contributed by atoms with Crippen molar-refractivity contribution in [3.05, 3.63) is 57.2 Å². The Balaban J connectivity index is 1.71. The van der Waals surface area contributed by atoms with Gasteiger partial charge >= 0.3 is 5.97 Å². The molecule has 0 bridgehead atoms. The summed E-state index contributed by atoms with van der Waals surface area (Å²) in [6.07, 6.45) is 3.06. The fourth-order valence-electron chi connectivity index (χ4n) is 2.55. The van der Waals surface area contributed by atoms with Crippen molar-refractivity contribution in [2.24, 2.45) is 0 Å². The molecule has 1 fully saturated rings. The van der Waals surface area contributed by atoms with Crippen molar-refractivity contribution >= 4 is 40.6 Å². The summed E-state index contributed by atoms with van der Waals surface area (Å²) in [5.74, 6) is -0.966. The van der Waals surface area contributed by atoms with Crippen molar-refractivity contribution in [2.45, 2.75) is 13.3 Å². The smallest absolute Gasteiger partial charge is 0.307 e. The van der Waals surface area contributed by atoms with Crippen LogP contribution in [-0.4, -0.2) is 49.9 Å². The SMILES string of the molecule is CCOC(=O)CCN1C(=O)S/C(=C\c2ccn(-c3ccc([N+](=O)[O-])cc3)n2)C1=O. The molecule has 1 aromatic heterocycles. The molecular formula is C18H16N4O6S. The number of aromatic nitrogens is 2. The molecule has 0 aliphatic carbocycles. The highest BCUT2D eigenvalue weighted by Crippen LogP contribution is 2.32. The maximum Gasteiger partial charge on any atom is 0.307 e. The first-order valence-electron chi connectivity index (χ1n) is 8.60. The van der Waals surface area contributed by atoms with E-state index in [1.807, 2.05) is 0 Å². The zero-order chi connectivity index (χ0) is 21.0. The number of imide groups is 1. The first kappa shape index (κ1) is 20.3. The van der Waals surface area contributed by atoms with Crippen molar-refractivity contribution in [2.75, 3.05) is 13.2 Å². The molecule has 2 heterocycles. The van der Waals surface area contributed by atoms with Gasteiger partial charge in [-0.1, -0.05) is 0 Å². The molecule has 0 atom stereocenters. The van der Waals surface area contributed by atoms with Gasteiger partial charge < -0.3 is 4.74 Å². The van der Waals surface area contributed by atoms with E-state index >= 15 is 0 Å². The second-order valence-electron chi connectivity index (χ2n) is 5.85. The van der Waals surface area contributed by atoms with Crippen LogP contribution in [0.2, 0.25) is 0 Å². The average Bonchev–Trinajstić information content (AvgIpc) is 3.26. The van der Waals surface area contributed by atoms with Gasteiger partial charge in [-0.25, -0.2) is 4.68 Å². The van der Waals surface area contributed by atoms with E-state index in [1.54, 1.807) is 31.3 Å². The van der Waals surface area contributed by atoms with Crippen molar-refractivity contribution in [1.82, 2.24) is 14.7 Å². The summed E-state index contributed by atoms with van der Waals surface area (Å²) in [7, 11) is 0. The van der Waals surface area contributed by atoms with E-state index in [4.69, 9.17) is 4.74 Å². The molecule has 0 radical (unpaired) electrons. The van der Waals surface area contributed by atoms with Crippen LogP contribution in [0, 0.1) is 10.1 Å². The monoisotopic (exact) mass is 416 g/mol. The third-order valence-corrected chi connectivity index (χ3v) is 4.84. The number of nitrogens with zero attached hydrogens (tertiary/aromatic N) is 4. The molecule has 0 N–H and O–H groups in total. The van der Waals surface area contributed by atoms with E-state index in [0.717, 1.165) is 16.7 Å². The van der Waals surface area contributed by atoms with Crippen molar-refractivity contribution < 1.29 is 24.0 Å². The second kappa shape index (κ2) is 8.69. The highest BCUT2D eigenvalue weighted by atomic mass is 32.2. The van der Waals surface area contributed by atoms with Crippen LogP contribution in [0.5, 0.6) is 0 Å². The normalized spacial score (nSPS) is 15.2. The number of hydrogen-bond acceptors (Lipinski definition) is 8. The Morgan fingerprint density at radius 3 is 2.66 bits per heavy atom. The average molecular weight is 416 g/mol. The highest BCUT2D eigenvalue weighted by Gasteiger charge is 2.35. The lowest BCUT2D eigenvalue weighted by Crippen LogP contribution is -2.30. The number of esters is 1. The summed E-state index contributed by atoms with van der Waals surface area (Å²) < 4.78 is 6.30. The molecule has 0 spiro atoms. The molecule has 1 aliphatic rings. The third kappa shape index (κ3) is 4.69. The van der Waals surface area contributed by atoms with E-state index in [0.29, 0.717) is 11.4 Å². The van der Waals surface area contributed by atoms with Gasteiger partial charge in [0.2, 0.25) is 0 Å². The van der Waals surface area contributed by atoms with Gasteiger partial charge in [-0.3, -0.25) is 29.4 Å². The lowest BCUT2D eigenvalue weighted by molar-refractivity contribution is -0.384. The Kier molecular flexibility index (Phi) is 6.07. The number of thioether (sulfide) groups is 1. The number of rotatable bonds is 7. The fourth-order valence-corrected chi connectivity index (χ4v) is 3.40. The van der Waals surface area contributed by atoms with Gasteiger partial charge in [0.25, 0.3) is 16.8 Å². The molecule has 2 amide bonds. The molecule has 0 unspecified atom stereocenters. The van der Waals surface area contributed by atoms with Crippen LogP contribution in [0.4, 0.5) is 10.5 Å². The lowest BCUT2D eigenvalue weighted by atomic mass is 10.3. The number of nitro benzene ring substituents is 1. The van der Waals surface area contributed by atoms with Crippen LogP contribution in [0.1, 0.15) is 19.0 Å². The third-order valence-electron chi connectivity index (χ3n) is 3.93. The minimum atomic E-state index is -0.491. The maximum absolute atomic E-state index is 12.4. The van der Waals surface area contributed by atoms with Crippen LogP contribution in [0.25, 0.3) is 11.8 Å². The summed E-state index contributed by atoms with van der Waals surface area (Å²) in [6.45, 7) is 1.87. The number of benzene rings is 1. The van der Waals surface area contributed by atoms with Crippen LogP contribution in [0.3, 0.4) is 0 Å². The van der Waals surface area contributed by atoms with Gasteiger partial charge in [0, 0.05) is 24.9 Å². The number of carbonyl (C=O) groups is 3. The molecule has 1 saturated heterocycles. The summed E-state index contributed by atoms with van der Waals surface area (Å²) in [5.41, 5.74) is 1.02. The van der Waals surface area contributed by atoms with Crippen LogP contribution < -0.4 is 0 Å². The lowest BCUT2D eigenvalue weighted by Gasteiger charge is -2.11. The zero-order valence-electron chi connectivity index (χ0n) is 15.3. The second-order valence-corrected chi connectivity index (χ2v) is 6.84. The Labute approximate surface area is 169 Å². The van der Waals surface area contributed by atoms with E-state index < -0.39 is 22.0 Å². The fraction of sp³-hybridized carbons (Fsp3) is 0.222. The predicted octanol–water partition coefficient (Wildman–Crippen LogP) is 2.77. The zero-order valence-corrected chi connectivity index (χ0v) is 16.1. The Hall–Kier alpha value is -3.47. The van der Waals surface area contributed by atoms with Crippen LogP contribution in [0.15, 0.2) is 41.4 Å². The van der Waals surface area contributed by atoms with Crippen LogP contribution >= 0.6 is 11.8 Å². The Bertz CT molecular complexity index is 998. The van der Waals surface area contributed by atoms with Crippen molar-refractivity contribution in [3.8, 4) is 5.69 Å². The van der Waals surface area contributed by atoms with Gasteiger partial charge in [0.15, 0.2) is 0 Å². The Morgan fingerprint density at radius 1 is 1.28 bits per heavy atom. The largest absolute Gasteiger partial charge is 0.466 e. The quantitative estimate of drug-likeness (QED) is 0.292. The molecule has 29 heavy (non-hydrogen) atoms. The molecule has 150 valence electrons. The van der Waals surface area contributed by atoms with Gasteiger partial charge in [0.1, 0.15) is 0 Å². The first-order valence-corrected chi connectivity index (χ1v) is 9.42. The summed E-state index contributed by atoms with van der Waals surface area (Å²) >= 11 is 0.774. The maximum atomic E-state index is 12.4. The molecule has 10 nitrogen and oxygen atoms in total. The number of hydrogen-bond donors (Lipinski definition) is 0. The van der Waals surface area contributed by atoms with Gasteiger partial charge in [-0.05, 0) is 43.0 Å². The molecule has 11 heteroatoms. The molecule has 0 saturated carbocycles. The highest BCUT2D eigenvalue weighted by molar-refractivity contribution is 8.18. The summed E-state index contributed by atoms with van der Waals surface area (Å²) in [6, 6.07) is 7.49. The number of nitro groups is 1. The standard InChI is InChI=1S/C18H16N4O6S/c1-2-28-16(23)8-9-20-17(24)15(29-18(20)25)11-12-7-10-21(19-12)13-3-5-14(6-4-13)22(26)27/h3-7,10-11H,2,8-9H2,1H3/b15-11-. The first-order chi connectivity index (χ1) is 13.9. The van der Waals surface area contributed by atoms with Crippen molar-refractivity contribution in [1.29, 1.82) is 0 Å². The molecule has 1 aliphatic heterocycles. The minimum Gasteiger partial charge on any atom is -0.466 e. The van der Waals surface area contributed by atoms with Crippen LogP contribution in [-0.2, 0) is 14.3 Å². The molecule has 3 rings (SSSR count). The number of amides is 2. The van der Waals surface area contributed by atoms with E-state index in [1.165, 1.54) is 22.9 Å². The van der Waals surface area contributed by atoms with E-state index in [9.17, 15) is 24.5 Å².